The molecule has 1 unspecified atom stereocenters. The Morgan fingerprint density at radius 1 is 1.00 bits per heavy atom. The van der Waals surface area contributed by atoms with Gasteiger partial charge in [0.1, 0.15) is 17.6 Å². The third-order valence-corrected chi connectivity index (χ3v) is 5.27. The van der Waals surface area contributed by atoms with Crippen molar-refractivity contribution in [2.45, 2.75) is 45.1 Å². The predicted molar refractivity (Wildman–Crippen MR) is 112 cm³/mol. The normalized spacial score (nSPS) is 16.1. The minimum atomic E-state index is 0.0108. The van der Waals surface area contributed by atoms with Gasteiger partial charge in [-0.2, -0.15) is 0 Å². The average Bonchev–Trinajstić information content (AvgIpc) is 2.71. The molecule has 0 amide bonds. The van der Waals surface area contributed by atoms with Crippen LogP contribution >= 0.6 is 11.6 Å². The molecule has 0 saturated carbocycles. The Morgan fingerprint density at radius 3 is 2.48 bits per heavy atom. The Bertz CT molecular complexity index is 683. The minimum Gasteiger partial charge on any atom is -0.494 e. The molecule has 146 valence electrons. The highest BCUT2D eigenvalue weighted by Crippen LogP contribution is 2.27. The van der Waals surface area contributed by atoms with Crippen LogP contribution < -0.4 is 9.47 Å². The van der Waals surface area contributed by atoms with E-state index in [-0.39, 0.29) is 6.10 Å². The van der Waals surface area contributed by atoms with Crippen LogP contribution in [0.5, 0.6) is 11.5 Å². The number of piperidine rings is 1. The van der Waals surface area contributed by atoms with E-state index in [1.807, 2.05) is 36.4 Å². The highest BCUT2D eigenvalue weighted by atomic mass is 35.5. The summed E-state index contributed by atoms with van der Waals surface area (Å²) in [5.41, 5.74) is 1.15. The van der Waals surface area contributed by atoms with Crippen LogP contribution in [0, 0.1) is 0 Å². The SMILES string of the molecule is CCC(Oc1cccc(Cl)c1)c1ccc(OCCCN2CCCCC2)cc1. The Kier molecular flexibility index (Phi) is 7.85. The molecule has 2 aromatic carbocycles. The maximum absolute atomic E-state index is 6.11. The monoisotopic (exact) mass is 387 g/mol. The highest BCUT2D eigenvalue weighted by molar-refractivity contribution is 6.30. The first-order chi connectivity index (χ1) is 13.2. The van der Waals surface area contributed by atoms with E-state index >= 15 is 0 Å². The molecular weight excluding hydrogens is 358 g/mol. The molecule has 1 aliphatic heterocycles. The van der Waals surface area contributed by atoms with Crippen molar-refractivity contribution in [3.8, 4) is 11.5 Å². The predicted octanol–water partition coefficient (Wildman–Crippen LogP) is 6.12. The van der Waals surface area contributed by atoms with Gasteiger partial charge < -0.3 is 14.4 Å². The van der Waals surface area contributed by atoms with E-state index in [0.717, 1.165) is 43.1 Å². The average molecular weight is 388 g/mol. The standard InChI is InChI=1S/C23H30ClNO2/c1-2-23(27-22-9-6-8-20(24)18-22)19-10-12-21(13-11-19)26-17-7-16-25-14-4-3-5-15-25/h6,8-13,18,23H,2-5,7,14-17H2,1H3. The van der Waals surface area contributed by atoms with E-state index in [1.54, 1.807) is 0 Å². The van der Waals surface area contributed by atoms with Gasteiger partial charge in [0.25, 0.3) is 0 Å². The number of benzene rings is 2. The number of hydrogen-bond acceptors (Lipinski definition) is 3. The van der Waals surface area contributed by atoms with Gasteiger partial charge in [-0.1, -0.05) is 43.1 Å². The minimum absolute atomic E-state index is 0.0108. The molecule has 0 bridgehead atoms. The summed E-state index contributed by atoms with van der Waals surface area (Å²) in [6.07, 6.45) is 6.06. The van der Waals surface area contributed by atoms with Gasteiger partial charge in [0.05, 0.1) is 6.61 Å². The van der Waals surface area contributed by atoms with Crippen molar-refractivity contribution >= 4 is 11.6 Å². The smallest absolute Gasteiger partial charge is 0.123 e. The zero-order chi connectivity index (χ0) is 18.9. The Hall–Kier alpha value is -1.71. The second-order valence-corrected chi connectivity index (χ2v) is 7.58. The van der Waals surface area contributed by atoms with E-state index in [9.17, 15) is 0 Å². The van der Waals surface area contributed by atoms with Gasteiger partial charge in [-0.05, 0) is 74.7 Å². The largest absolute Gasteiger partial charge is 0.494 e. The number of rotatable bonds is 9. The molecule has 1 saturated heterocycles. The van der Waals surface area contributed by atoms with Crippen molar-refractivity contribution in [2.24, 2.45) is 0 Å². The van der Waals surface area contributed by atoms with E-state index in [0.29, 0.717) is 5.02 Å². The topological polar surface area (TPSA) is 21.7 Å². The van der Waals surface area contributed by atoms with Gasteiger partial charge in [0, 0.05) is 11.6 Å². The van der Waals surface area contributed by atoms with Gasteiger partial charge in [-0.25, -0.2) is 0 Å². The third-order valence-electron chi connectivity index (χ3n) is 5.03. The maximum Gasteiger partial charge on any atom is 0.123 e. The van der Waals surface area contributed by atoms with Crippen LogP contribution in [0.15, 0.2) is 48.5 Å². The van der Waals surface area contributed by atoms with Crippen LogP contribution in [-0.4, -0.2) is 31.1 Å². The lowest BCUT2D eigenvalue weighted by Crippen LogP contribution is -2.31. The van der Waals surface area contributed by atoms with Crippen molar-refractivity contribution in [1.82, 2.24) is 4.90 Å². The van der Waals surface area contributed by atoms with Crippen molar-refractivity contribution in [3.63, 3.8) is 0 Å². The number of hydrogen-bond donors (Lipinski definition) is 0. The molecule has 4 heteroatoms. The second-order valence-electron chi connectivity index (χ2n) is 7.15. The first-order valence-electron chi connectivity index (χ1n) is 10.1. The number of ether oxygens (including phenoxy) is 2. The van der Waals surface area contributed by atoms with E-state index in [1.165, 1.54) is 32.4 Å². The first-order valence-corrected chi connectivity index (χ1v) is 10.5. The summed E-state index contributed by atoms with van der Waals surface area (Å²) in [7, 11) is 0. The van der Waals surface area contributed by atoms with Gasteiger partial charge in [-0.3, -0.25) is 0 Å². The molecule has 1 aliphatic rings. The lowest BCUT2D eigenvalue weighted by molar-refractivity contribution is 0.200. The highest BCUT2D eigenvalue weighted by Gasteiger charge is 2.12. The molecule has 0 spiro atoms. The second kappa shape index (κ2) is 10.6. The summed E-state index contributed by atoms with van der Waals surface area (Å²) in [4.78, 5) is 2.55. The zero-order valence-electron chi connectivity index (χ0n) is 16.2. The van der Waals surface area contributed by atoms with Crippen LogP contribution in [0.3, 0.4) is 0 Å². The van der Waals surface area contributed by atoms with E-state index in [4.69, 9.17) is 21.1 Å². The summed E-state index contributed by atoms with van der Waals surface area (Å²) >= 11 is 6.05. The number of nitrogens with zero attached hydrogens (tertiary/aromatic N) is 1. The molecule has 1 fully saturated rings. The van der Waals surface area contributed by atoms with Crippen molar-refractivity contribution in [2.75, 3.05) is 26.2 Å². The Morgan fingerprint density at radius 2 is 1.78 bits per heavy atom. The summed E-state index contributed by atoms with van der Waals surface area (Å²) in [5, 5.41) is 0.690. The quantitative estimate of drug-likeness (QED) is 0.483. The fourth-order valence-corrected chi connectivity index (χ4v) is 3.71. The van der Waals surface area contributed by atoms with Crippen LogP contribution in [-0.2, 0) is 0 Å². The lowest BCUT2D eigenvalue weighted by Gasteiger charge is -2.26. The summed E-state index contributed by atoms with van der Waals surface area (Å²) < 4.78 is 12.0. The summed E-state index contributed by atoms with van der Waals surface area (Å²) in [5.74, 6) is 1.72. The van der Waals surface area contributed by atoms with Crippen molar-refractivity contribution in [3.05, 3.63) is 59.1 Å². The fraction of sp³-hybridized carbons (Fsp3) is 0.478. The van der Waals surface area contributed by atoms with Crippen molar-refractivity contribution < 1.29 is 9.47 Å². The molecule has 0 N–H and O–H groups in total. The van der Waals surface area contributed by atoms with Gasteiger partial charge >= 0.3 is 0 Å². The number of likely N-dealkylation sites (tertiary alicyclic amines) is 1. The van der Waals surface area contributed by atoms with Crippen LogP contribution in [0.2, 0.25) is 5.02 Å². The maximum atomic E-state index is 6.11. The van der Waals surface area contributed by atoms with E-state index in [2.05, 4.69) is 24.0 Å². The molecule has 2 aromatic rings. The van der Waals surface area contributed by atoms with Crippen LogP contribution in [0.4, 0.5) is 0 Å². The molecule has 1 heterocycles. The summed E-state index contributed by atoms with van der Waals surface area (Å²) in [6.45, 7) is 6.54. The van der Waals surface area contributed by atoms with Crippen LogP contribution in [0.25, 0.3) is 0 Å². The van der Waals surface area contributed by atoms with E-state index < -0.39 is 0 Å². The molecule has 27 heavy (non-hydrogen) atoms. The van der Waals surface area contributed by atoms with Crippen LogP contribution in [0.1, 0.15) is 50.7 Å². The molecule has 0 aliphatic carbocycles. The molecule has 1 atom stereocenters. The molecule has 0 radical (unpaired) electrons. The lowest BCUT2D eigenvalue weighted by atomic mass is 10.1. The molecule has 3 nitrogen and oxygen atoms in total. The molecule has 0 aromatic heterocycles. The zero-order valence-corrected chi connectivity index (χ0v) is 17.0. The Labute approximate surface area is 168 Å². The van der Waals surface area contributed by atoms with Gasteiger partial charge in [-0.15, -0.1) is 0 Å². The van der Waals surface area contributed by atoms with Crippen molar-refractivity contribution in [1.29, 1.82) is 0 Å². The summed E-state index contributed by atoms with van der Waals surface area (Å²) in [6, 6.07) is 15.8. The molecule has 3 rings (SSSR count). The first kappa shape index (κ1) is 20.0. The third kappa shape index (κ3) is 6.44. The fourth-order valence-electron chi connectivity index (χ4n) is 3.53. The Balaban J connectivity index is 1.46. The van der Waals surface area contributed by atoms with Gasteiger partial charge in [0.2, 0.25) is 0 Å². The number of halogens is 1. The molecular formula is C23H30ClNO2. The van der Waals surface area contributed by atoms with Gasteiger partial charge in [0.15, 0.2) is 0 Å².